The van der Waals surface area contributed by atoms with Crippen molar-refractivity contribution in [2.45, 2.75) is 13.8 Å². The highest BCUT2D eigenvalue weighted by molar-refractivity contribution is 5.95. The average Bonchev–Trinajstić information content (AvgIpc) is 2.73. The van der Waals surface area contributed by atoms with Gasteiger partial charge >= 0.3 is 0 Å². The average molecular weight is 261 g/mol. The number of benzene rings is 1. The number of aryl methyl sites for hydroxylation is 3. The first-order chi connectivity index (χ1) is 9.63. The van der Waals surface area contributed by atoms with Crippen LogP contribution < -0.4 is 0 Å². The third-order valence-corrected chi connectivity index (χ3v) is 3.86. The maximum atomic E-state index is 9.57. The van der Waals surface area contributed by atoms with Crippen LogP contribution in [-0.2, 0) is 7.05 Å². The molecule has 3 aromatic rings. The summed E-state index contributed by atoms with van der Waals surface area (Å²) in [6.45, 7) is 4.17. The fourth-order valence-electron chi connectivity index (χ4n) is 2.65. The lowest BCUT2D eigenvalue weighted by atomic mass is 10.0. The second kappa shape index (κ2) is 4.50. The van der Waals surface area contributed by atoms with Gasteiger partial charge in [-0.05, 0) is 49.2 Å². The van der Waals surface area contributed by atoms with Crippen molar-refractivity contribution in [3.8, 4) is 17.3 Å². The van der Waals surface area contributed by atoms with Crippen LogP contribution in [0.3, 0.4) is 0 Å². The van der Waals surface area contributed by atoms with E-state index in [0.717, 1.165) is 27.7 Å². The number of aromatic nitrogens is 2. The summed E-state index contributed by atoms with van der Waals surface area (Å²) in [4.78, 5) is 4.16. The summed E-state index contributed by atoms with van der Waals surface area (Å²) in [6, 6.07) is 10.5. The Kier molecular flexibility index (Phi) is 2.80. The van der Waals surface area contributed by atoms with Crippen LogP contribution in [0.15, 0.2) is 36.7 Å². The lowest BCUT2D eigenvalue weighted by molar-refractivity contribution is 0.973. The molecule has 98 valence electrons. The SMILES string of the molecule is Cc1cc2c(C#N)c(-c3cccnc3)n(C)c2cc1C. The number of rotatable bonds is 1. The van der Waals surface area contributed by atoms with Crippen molar-refractivity contribution in [3.63, 3.8) is 0 Å². The van der Waals surface area contributed by atoms with Gasteiger partial charge < -0.3 is 4.57 Å². The maximum absolute atomic E-state index is 9.57. The number of pyridine rings is 1. The molecule has 0 amide bonds. The third kappa shape index (κ3) is 1.70. The lowest BCUT2D eigenvalue weighted by Gasteiger charge is -2.05. The van der Waals surface area contributed by atoms with E-state index in [9.17, 15) is 5.26 Å². The molecule has 3 heteroatoms. The van der Waals surface area contributed by atoms with E-state index in [1.54, 1.807) is 12.4 Å². The number of fused-ring (bicyclic) bond motifs is 1. The quantitative estimate of drug-likeness (QED) is 0.669. The molecule has 3 nitrogen and oxygen atoms in total. The van der Waals surface area contributed by atoms with Gasteiger partial charge in [0, 0.05) is 35.9 Å². The van der Waals surface area contributed by atoms with Crippen molar-refractivity contribution in [2.75, 3.05) is 0 Å². The van der Waals surface area contributed by atoms with Crippen molar-refractivity contribution in [1.29, 1.82) is 5.26 Å². The highest BCUT2D eigenvalue weighted by Crippen LogP contribution is 2.33. The van der Waals surface area contributed by atoms with Crippen molar-refractivity contribution >= 4 is 10.9 Å². The Balaban J connectivity index is 2.45. The zero-order valence-corrected chi connectivity index (χ0v) is 11.8. The summed E-state index contributed by atoms with van der Waals surface area (Å²) in [5, 5.41) is 10.6. The molecule has 0 saturated heterocycles. The lowest BCUT2D eigenvalue weighted by Crippen LogP contribution is -1.93. The van der Waals surface area contributed by atoms with Crippen molar-refractivity contribution < 1.29 is 0 Å². The molecule has 0 radical (unpaired) electrons. The van der Waals surface area contributed by atoms with Crippen LogP contribution in [-0.4, -0.2) is 9.55 Å². The molecule has 0 N–H and O–H groups in total. The first-order valence-electron chi connectivity index (χ1n) is 6.53. The zero-order valence-electron chi connectivity index (χ0n) is 11.8. The summed E-state index contributed by atoms with van der Waals surface area (Å²) < 4.78 is 2.08. The number of hydrogen-bond donors (Lipinski definition) is 0. The van der Waals surface area contributed by atoms with Gasteiger partial charge in [0.15, 0.2) is 0 Å². The molecule has 0 aliphatic rings. The normalized spacial score (nSPS) is 10.7. The Morgan fingerprint density at radius 1 is 1.20 bits per heavy atom. The summed E-state index contributed by atoms with van der Waals surface area (Å²) in [5.41, 5.74) is 6.15. The molecule has 0 bridgehead atoms. The molecule has 2 aromatic heterocycles. The first-order valence-corrected chi connectivity index (χ1v) is 6.53. The Bertz CT molecular complexity index is 836. The Morgan fingerprint density at radius 3 is 2.60 bits per heavy atom. The molecule has 0 unspecified atom stereocenters. The van der Waals surface area contributed by atoms with Gasteiger partial charge in [-0.15, -0.1) is 0 Å². The van der Waals surface area contributed by atoms with Crippen LogP contribution in [0.5, 0.6) is 0 Å². The van der Waals surface area contributed by atoms with Gasteiger partial charge in [-0.2, -0.15) is 5.26 Å². The van der Waals surface area contributed by atoms with Gasteiger partial charge in [0.2, 0.25) is 0 Å². The van der Waals surface area contributed by atoms with E-state index in [-0.39, 0.29) is 0 Å². The van der Waals surface area contributed by atoms with Crippen LogP contribution in [0, 0.1) is 25.2 Å². The van der Waals surface area contributed by atoms with Crippen molar-refractivity contribution in [2.24, 2.45) is 7.05 Å². The highest BCUT2D eigenvalue weighted by Gasteiger charge is 2.17. The molecule has 3 rings (SSSR count). The summed E-state index contributed by atoms with van der Waals surface area (Å²) in [5.74, 6) is 0. The minimum Gasteiger partial charge on any atom is -0.342 e. The molecule has 0 fully saturated rings. The van der Waals surface area contributed by atoms with E-state index in [1.165, 1.54) is 11.1 Å². The van der Waals surface area contributed by atoms with Crippen LogP contribution in [0.1, 0.15) is 16.7 Å². The Morgan fingerprint density at radius 2 is 1.95 bits per heavy atom. The molecule has 0 atom stereocenters. The molecular formula is C17H15N3. The predicted octanol–water partition coefficient (Wildman–Crippen LogP) is 3.73. The smallest absolute Gasteiger partial charge is 0.102 e. The number of nitrogens with zero attached hydrogens (tertiary/aromatic N) is 3. The van der Waals surface area contributed by atoms with E-state index < -0.39 is 0 Å². The topological polar surface area (TPSA) is 41.6 Å². The van der Waals surface area contributed by atoms with E-state index in [4.69, 9.17) is 0 Å². The highest BCUT2D eigenvalue weighted by atomic mass is 15.0. The predicted molar refractivity (Wildman–Crippen MR) is 80.3 cm³/mol. The van der Waals surface area contributed by atoms with Crippen molar-refractivity contribution in [3.05, 3.63) is 53.3 Å². The molecule has 0 aliphatic carbocycles. The Hall–Kier alpha value is -2.60. The third-order valence-electron chi connectivity index (χ3n) is 3.86. The number of nitriles is 1. The van der Waals surface area contributed by atoms with Gasteiger partial charge in [-0.3, -0.25) is 4.98 Å². The maximum Gasteiger partial charge on any atom is 0.102 e. The molecule has 1 aromatic carbocycles. The first kappa shape index (κ1) is 12.4. The molecule has 0 saturated carbocycles. The van der Waals surface area contributed by atoms with Gasteiger partial charge in [-0.25, -0.2) is 0 Å². The standard InChI is InChI=1S/C17H15N3/c1-11-7-14-15(9-18)17(13-5-4-6-19-10-13)20(3)16(14)8-12(11)2/h4-8,10H,1-3H3. The van der Waals surface area contributed by atoms with E-state index in [1.807, 2.05) is 19.2 Å². The molecule has 20 heavy (non-hydrogen) atoms. The molecule has 0 spiro atoms. The number of hydrogen-bond acceptors (Lipinski definition) is 2. The van der Waals surface area contributed by atoms with Crippen LogP contribution in [0.2, 0.25) is 0 Å². The van der Waals surface area contributed by atoms with Gasteiger partial charge in [0.05, 0.1) is 11.3 Å². The van der Waals surface area contributed by atoms with Gasteiger partial charge in [-0.1, -0.05) is 0 Å². The van der Waals surface area contributed by atoms with E-state index in [0.29, 0.717) is 0 Å². The fraction of sp³-hybridized carbons (Fsp3) is 0.176. The summed E-state index contributed by atoms with van der Waals surface area (Å²) >= 11 is 0. The largest absolute Gasteiger partial charge is 0.342 e. The fourth-order valence-corrected chi connectivity index (χ4v) is 2.65. The van der Waals surface area contributed by atoms with E-state index in [2.05, 4.69) is 41.6 Å². The van der Waals surface area contributed by atoms with Crippen LogP contribution in [0.4, 0.5) is 0 Å². The van der Waals surface area contributed by atoms with Crippen LogP contribution >= 0.6 is 0 Å². The van der Waals surface area contributed by atoms with Gasteiger partial charge in [0.1, 0.15) is 6.07 Å². The molecular weight excluding hydrogens is 246 g/mol. The Labute approximate surface area is 118 Å². The minimum absolute atomic E-state index is 0.721. The zero-order chi connectivity index (χ0) is 14.3. The van der Waals surface area contributed by atoms with Crippen molar-refractivity contribution in [1.82, 2.24) is 9.55 Å². The second-order valence-corrected chi connectivity index (χ2v) is 5.09. The monoisotopic (exact) mass is 261 g/mol. The molecule has 2 heterocycles. The second-order valence-electron chi connectivity index (χ2n) is 5.09. The van der Waals surface area contributed by atoms with Crippen LogP contribution in [0.25, 0.3) is 22.2 Å². The molecule has 0 aliphatic heterocycles. The summed E-state index contributed by atoms with van der Waals surface area (Å²) in [7, 11) is 2.00. The summed E-state index contributed by atoms with van der Waals surface area (Å²) in [6.07, 6.45) is 3.54. The van der Waals surface area contributed by atoms with Gasteiger partial charge in [0.25, 0.3) is 0 Å². The minimum atomic E-state index is 0.721. The van der Waals surface area contributed by atoms with E-state index >= 15 is 0 Å².